The molecule has 0 bridgehead atoms. The van der Waals surface area contributed by atoms with Gasteiger partial charge in [0, 0.05) is 11.5 Å². The molecule has 358 valence electrons. The van der Waals surface area contributed by atoms with Gasteiger partial charge in [-0.2, -0.15) is 0 Å². The van der Waals surface area contributed by atoms with Crippen LogP contribution in [0.2, 0.25) is 5.02 Å². The normalized spacial score (nSPS) is 14.5. The molecule has 4 aromatic rings. The average molecular weight is 965 g/mol. The highest BCUT2D eigenvalue weighted by atomic mass is 35.5. The van der Waals surface area contributed by atoms with Gasteiger partial charge in [-0.15, -0.1) is 11.3 Å². The first-order chi connectivity index (χ1) is 31.9. The molecule has 2 N–H and O–H groups in total. The standard InChI is InChI=1S/C50H66ClN5O8S2/c1-5-7-8-9-10-11-12-13-14-15-16-17-18-19-20-26-33-64-43-32-31-39(66(61,62)54-41-30-25-24-29-40(41)51)34-42(43)53-46(58)44(45(57)47-52-36(3)37(4)65-47)56-48(59)49(63-6-2)55(50(56)60)35-38-27-22-21-23-28-38/h21-25,27-32,34,44,49,54H,5-20,26,33,35H2,1-4H3,(H,53,58). The summed E-state index contributed by atoms with van der Waals surface area (Å²) >= 11 is 7.32. The van der Waals surface area contributed by atoms with E-state index in [0.717, 1.165) is 30.6 Å². The third-order valence-corrected chi connectivity index (χ3v) is 14.4. The Kier molecular flexibility index (Phi) is 20.9. The monoisotopic (exact) mass is 963 g/mol. The third-order valence-electron chi connectivity index (χ3n) is 11.6. The minimum absolute atomic E-state index is 0.0414. The van der Waals surface area contributed by atoms with E-state index in [-0.39, 0.29) is 51.8 Å². The summed E-state index contributed by atoms with van der Waals surface area (Å²) < 4.78 is 42.0. The number of ketones is 1. The van der Waals surface area contributed by atoms with E-state index in [9.17, 15) is 27.6 Å². The summed E-state index contributed by atoms with van der Waals surface area (Å²) in [6.45, 7) is 7.67. The largest absolute Gasteiger partial charge is 0.491 e. The maximum Gasteiger partial charge on any atom is 0.330 e. The van der Waals surface area contributed by atoms with E-state index < -0.39 is 45.9 Å². The quantitative estimate of drug-likeness (QED) is 0.0224. The van der Waals surface area contributed by atoms with Crippen molar-refractivity contribution in [1.29, 1.82) is 0 Å². The van der Waals surface area contributed by atoms with Crippen LogP contribution in [0.15, 0.2) is 77.7 Å². The molecule has 0 radical (unpaired) electrons. The lowest BCUT2D eigenvalue weighted by Gasteiger charge is -2.24. The molecule has 0 spiro atoms. The predicted molar refractivity (Wildman–Crippen MR) is 262 cm³/mol. The Balaban J connectivity index is 1.32. The van der Waals surface area contributed by atoms with Crippen molar-refractivity contribution in [3.05, 3.63) is 99.0 Å². The fourth-order valence-corrected chi connectivity index (χ4v) is 10.0. The molecule has 1 aromatic heterocycles. The molecule has 1 aliphatic rings. The Labute approximate surface area is 400 Å². The van der Waals surface area contributed by atoms with E-state index in [1.165, 1.54) is 106 Å². The number of sulfonamides is 1. The second-order valence-corrected chi connectivity index (χ2v) is 20.0. The number of hydrogen-bond acceptors (Lipinski definition) is 10. The summed E-state index contributed by atoms with van der Waals surface area (Å²) in [4.78, 5) is 64.4. The smallest absolute Gasteiger partial charge is 0.330 e. The minimum Gasteiger partial charge on any atom is -0.491 e. The van der Waals surface area contributed by atoms with Crippen LogP contribution in [0.4, 0.5) is 16.2 Å². The molecule has 66 heavy (non-hydrogen) atoms. The van der Waals surface area contributed by atoms with Gasteiger partial charge in [-0.3, -0.25) is 24.0 Å². The molecule has 1 aliphatic heterocycles. The summed E-state index contributed by atoms with van der Waals surface area (Å²) in [6.07, 6.45) is 18.1. The zero-order chi connectivity index (χ0) is 47.5. The van der Waals surface area contributed by atoms with Gasteiger partial charge >= 0.3 is 6.03 Å². The molecule has 4 amide bonds. The molecule has 2 unspecified atom stereocenters. The highest BCUT2D eigenvalue weighted by Crippen LogP contribution is 2.33. The Morgan fingerprint density at radius 2 is 1.38 bits per heavy atom. The maximum atomic E-state index is 14.7. The number of thiazole rings is 1. The number of ether oxygens (including phenoxy) is 2. The molecule has 5 rings (SSSR count). The summed E-state index contributed by atoms with van der Waals surface area (Å²) in [6, 6.07) is 16.3. The molecular formula is C50H66ClN5O8S2. The molecule has 2 heterocycles. The van der Waals surface area contributed by atoms with Crippen molar-refractivity contribution in [3.63, 3.8) is 0 Å². The number of hydrogen-bond donors (Lipinski definition) is 2. The number of benzene rings is 3. The summed E-state index contributed by atoms with van der Waals surface area (Å²) in [5, 5.41) is 2.77. The number of halogens is 1. The van der Waals surface area contributed by atoms with Gasteiger partial charge in [-0.05, 0) is 63.1 Å². The molecule has 3 aromatic carbocycles. The molecule has 1 fully saturated rings. The van der Waals surface area contributed by atoms with E-state index in [0.29, 0.717) is 27.5 Å². The van der Waals surface area contributed by atoms with Crippen LogP contribution < -0.4 is 14.8 Å². The SMILES string of the molecule is CCCCCCCCCCCCCCCCCCOc1ccc(S(=O)(=O)Nc2ccccc2Cl)cc1NC(=O)C(C(=O)c1nc(C)c(C)s1)N1C(=O)C(OCC)N(Cc2ccccc2)C1=O. The van der Waals surface area contributed by atoms with Crippen LogP contribution in [-0.2, 0) is 30.9 Å². The second-order valence-electron chi connectivity index (χ2n) is 16.7. The molecule has 1 saturated heterocycles. The fourth-order valence-electron chi connectivity index (χ4n) is 7.80. The number of carbonyl (C=O) groups excluding carboxylic acids is 4. The fraction of sp³-hybridized carbons (Fsp3) is 0.500. The number of anilines is 2. The number of urea groups is 1. The number of carbonyl (C=O) groups is 4. The second kappa shape index (κ2) is 26.5. The van der Waals surface area contributed by atoms with Crippen molar-refractivity contribution in [2.24, 2.45) is 0 Å². The van der Waals surface area contributed by atoms with Gasteiger partial charge in [0.2, 0.25) is 12.0 Å². The number of imide groups is 1. The van der Waals surface area contributed by atoms with Gasteiger partial charge in [0.15, 0.2) is 11.0 Å². The lowest BCUT2D eigenvalue weighted by molar-refractivity contribution is -0.144. The first-order valence-corrected chi connectivity index (χ1v) is 26.2. The molecule has 13 nitrogen and oxygen atoms in total. The van der Waals surface area contributed by atoms with Crippen LogP contribution in [0.1, 0.15) is 143 Å². The Morgan fingerprint density at radius 1 is 0.788 bits per heavy atom. The molecule has 2 atom stereocenters. The number of aryl methyl sites for hydroxylation is 2. The van der Waals surface area contributed by atoms with Crippen LogP contribution in [-0.4, -0.2) is 72.3 Å². The van der Waals surface area contributed by atoms with Crippen LogP contribution >= 0.6 is 22.9 Å². The summed E-state index contributed by atoms with van der Waals surface area (Å²) in [5.41, 5.74) is 1.29. The third kappa shape index (κ3) is 14.8. The van der Waals surface area contributed by atoms with Crippen molar-refractivity contribution in [3.8, 4) is 5.75 Å². The van der Waals surface area contributed by atoms with E-state index >= 15 is 0 Å². The number of aromatic nitrogens is 1. The van der Waals surface area contributed by atoms with E-state index in [1.54, 1.807) is 63.2 Å². The highest BCUT2D eigenvalue weighted by molar-refractivity contribution is 7.92. The van der Waals surface area contributed by atoms with Crippen molar-refractivity contribution in [2.45, 2.75) is 154 Å². The molecule has 0 saturated carbocycles. The lowest BCUT2D eigenvalue weighted by Crippen LogP contribution is -2.52. The van der Waals surface area contributed by atoms with Gasteiger partial charge in [0.25, 0.3) is 21.8 Å². The number of unbranched alkanes of at least 4 members (excludes halogenated alkanes) is 15. The zero-order valence-corrected chi connectivity index (χ0v) is 41.2. The van der Waals surface area contributed by atoms with Gasteiger partial charge in [-0.1, -0.05) is 157 Å². The summed E-state index contributed by atoms with van der Waals surface area (Å²) in [5.74, 6) is -2.75. The predicted octanol–water partition coefficient (Wildman–Crippen LogP) is 11.9. The van der Waals surface area contributed by atoms with Crippen LogP contribution in [0.5, 0.6) is 5.75 Å². The Bertz CT molecular complexity index is 2310. The van der Waals surface area contributed by atoms with Gasteiger partial charge in [-0.25, -0.2) is 23.1 Å². The van der Waals surface area contributed by atoms with Crippen molar-refractivity contribution in [2.75, 3.05) is 23.3 Å². The minimum atomic E-state index is -4.29. The van der Waals surface area contributed by atoms with E-state index in [4.69, 9.17) is 21.1 Å². The van der Waals surface area contributed by atoms with Crippen molar-refractivity contribution >= 4 is 68.0 Å². The van der Waals surface area contributed by atoms with Crippen LogP contribution in [0.3, 0.4) is 0 Å². The number of para-hydroxylation sites is 1. The number of nitrogens with one attached hydrogen (secondary N) is 2. The van der Waals surface area contributed by atoms with Crippen LogP contribution in [0, 0.1) is 13.8 Å². The topological polar surface area (TPSA) is 164 Å². The number of Topliss-reactive ketones (excluding diaryl/α,β-unsaturated/α-hetero) is 1. The first kappa shape index (κ1) is 52.1. The zero-order valence-electron chi connectivity index (χ0n) is 38.8. The Morgan fingerprint density at radius 3 is 1.95 bits per heavy atom. The first-order valence-electron chi connectivity index (χ1n) is 23.5. The molecular weight excluding hydrogens is 898 g/mol. The van der Waals surface area contributed by atoms with Gasteiger partial charge in [0.1, 0.15) is 5.75 Å². The number of nitrogens with zero attached hydrogens (tertiary/aromatic N) is 3. The average Bonchev–Trinajstić information content (AvgIpc) is 3.75. The van der Waals surface area contributed by atoms with Crippen molar-refractivity contribution < 1.29 is 37.1 Å². The van der Waals surface area contributed by atoms with Gasteiger partial charge in [0.05, 0.1) is 40.1 Å². The molecule has 0 aliphatic carbocycles. The summed E-state index contributed by atoms with van der Waals surface area (Å²) in [7, 11) is -4.29. The van der Waals surface area contributed by atoms with E-state index in [1.807, 2.05) is 6.07 Å². The number of rotatable bonds is 30. The number of amides is 4. The van der Waals surface area contributed by atoms with E-state index in [2.05, 4.69) is 21.9 Å². The molecule has 16 heteroatoms. The Hall–Kier alpha value is -4.83. The highest BCUT2D eigenvalue weighted by Gasteiger charge is 2.53. The van der Waals surface area contributed by atoms with Crippen LogP contribution in [0.25, 0.3) is 0 Å². The maximum absolute atomic E-state index is 14.7. The van der Waals surface area contributed by atoms with Crippen molar-refractivity contribution in [1.82, 2.24) is 14.8 Å². The van der Waals surface area contributed by atoms with Gasteiger partial charge < -0.3 is 14.8 Å². The lowest BCUT2D eigenvalue weighted by atomic mass is 10.0.